The number of carbonyl (C=O) groups excluding carboxylic acids is 1. The minimum atomic E-state index is -0.124. The molecule has 4 heterocycles. The van der Waals surface area contributed by atoms with Crippen molar-refractivity contribution in [2.24, 2.45) is 5.92 Å². The van der Waals surface area contributed by atoms with Gasteiger partial charge in [0.25, 0.3) is 5.56 Å². The summed E-state index contributed by atoms with van der Waals surface area (Å²) < 4.78 is 0.634. The number of amides is 1. The summed E-state index contributed by atoms with van der Waals surface area (Å²) in [5.74, 6) is 0.521. The van der Waals surface area contributed by atoms with Gasteiger partial charge in [0.1, 0.15) is 4.70 Å². The van der Waals surface area contributed by atoms with Gasteiger partial charge in [0, 0.05) is 35.5 Å². The molecule has 1 amide bonds. The fraction of sp³-hybridized carbons (Fsp3) is 0.320. The number of benzene rings is 1. The van der Waals surface area contributed by atoms with Crippen molar-refractivity contribution in [1.82, 2.24) is 15.3 Å². The van der Waals surface area contributed by atoms with Crippen LogP contribution in [0.5, 0.6) is 0 Å². The highest BCUT2D eigenvalue weighted by molar-refractivity contribution is 7.17. The lowest BCUT2D eigenvalue weighted by molar-refractivity contribution is -0.125. The van der Waals surface area contributed by atoms with Gasteiger partial charge in [0.05, 0.1) is 11.4 Å². The standard InChI is InChI=1S/C25H26N4O2S2/c1-16-6-8-17(9-7-16)20-15-33-22-21(20)27-25(28-24(22)31)29-12-2-4-18(14-29)23(30)26-11-10-19-5-3-13-32-19/h3,5-9,13,15,18H,2,4,10-12,14H2,1H3,(H,26,30)(H,27,28,31). The van der Waals surface area contributed by atoms with E-state index in [4.69, 9.17) is 4.98 Å². The molecule has 170 valence electrons. The van der Waals surface area contributed by atoms with E-state index >= 15 is 0 Å². The number of aryl methyl sites for hydroxylation is 1. The van der Waals surface area contributed by atoms with E-state index in [1.807, 2.05) is 16.3 Å². The molecule has 8 heteroatoms. The van der Waals surface area contributed by atoms with Crippen LogP contribution in [0.1, 0.15) is 23.3 Å². The van der Waals surface area contributed by atoms with Gasteiger partial charge in [0.2, 0.25) is 11.9 Å². The third-order valence-electron chi connectivity index (χ3n) is 6.12. The number of anilines is 1. The molecule has 1 aliphatic heterocycles. The van der Waals surface area contributed by atoms with Crippen molar-refractivity contribution in [3.8, 4) is 11.1 Å². The van der Waals surface area contributed by atoms with E-state index in [2.05, 4.69) is 52.9 Å². The van der Waals surface area contributed by atoms with Crippen molar-refractivity contribution in [1.29, 1.82) is 0 Å². The number of carbonyl (C=O) groups is 1. The van der Waals surface area contributed by atoms with Crippen molar-refractivity contribution in [3.05, 3.63) is 68.0 Å². The fourth-order valence-electron chi connectivity index (χ4n) is 4.30. The Kier molecular flexibility index (Phi) is 6.28. The van der Waals surface area contributed by atoms with Gasteiger partial charge in [-0.05, 0) is 43.2 Å². The second kappa shape index (κ2) is 9.49. The number of hydrogen-bond acceptors (Lipinski definition) is 6. The maximum absolute atomic E-state index is 12.8. The maximum Gasteiger partial charge on any atom is 0.270 e. The zero-order valence-electron chi connectivity index (χ0n) is 18.5. The SMILES string of the molecule is Cc1ccc(-c2csc3c(=O)[nH]c(N4CCCC(C(=O)NCCc5cccs5)C4)nc23)cc1. The number of thiophene rings is 2. The van der Waals surface area contributed by atoms with Crippen molar-refractivity contribution < 1.29 is 4.79 Å². The highest BCUT2D eigenvalue weighted by atomic mass is 32.1. The van der Waals surface area contributed by atoms with Crippen molar-refractivity contribution in [2.75, 3.05) is 24.5 Å². The summed E-state index contributed by atoms with van der Waals surface area (Å²) in [7, 11) is 0. The van der Waals surface area contributed by atoms with Crippen LogP contribution in [0.3, 0.4) is 0 Å². The average Bonchev–Trinajstić information content (AvgIpc) is 3.50. The van der Waals surface area contributed by atoms with Crippen molar-refractivity contribution in [2.45, 2.75) is 26.2 Å². The molecule has 3 aromatic heterocycles. The topological polar surface area (TPSA) is 78.1 Å². The molecule has 5 rings (SSSR count). The number of rotatable bonds is 6. The normalized spacial score (nSPS) is 16.3. The van der Waals surface area contributed by atoms with E-state index in [9.17, 15) is 9.59 Å². The summed E-state index contributed by atoms with van der Waals surface area (Å²) in [5.41, 5.74) is 3.82. The lowest BCUT2D eigenvalue weighted by Crippen LogP contribution is -2.44. The van der Waals surface area contributed by atoms with E-state index in [1.165, 1.54) is 21.8 Å². The van der Waals surface area contributed by atoms with E-state index in [-0.39, 0.29) is 17.4 Å². The maximum atomic E-state index is 12.8. The molecular weight excluding hydrogens is 452 g/mol. The number of piperidine rings is 1. The van der Waals surface area contributed by atoms with Crippen molar-refractivity contribution in [3.63, 3.8) is 0 Å². The molecule has 0 radical (unpaired) electrons. The molecule has 1 fully saturated rings. The van der Waals surface area contributed by atoms with E-state index in [0.29, 0.717) is 23.7 Å². The van der Waals surface area contributed by atoms with Crippen molar-refractivity contribution >= 4 is 44.7 Å². The monoisotopic (exact) mass is 478 g/mol. The van der Waals surface area contributed by atoms with E-state index < -0.39 is 0 Å². The summed E-state index contributed by atoms with van der Waals surface area (Å²) in [4.78, 5) is 36.7. The molecule has 1 aliphatic rings. The van der Waals surface area contributed by atoms with Crippen LogP contribution >= 0.6 is 22.7 Å². The Hall–Kier alpha value is -2.97. The van der Waals surface area contributed by atoms with Gasteiger partial charge >= 0.3 is 0 Å². The second-order valence-electron chi connectivity index (χ2n) is 8.49. The van der Waals surface area contributed by atoms with Crippen LogP contribution in [-0.2, 0) is 11.2 Å². The van der Waals surface area contributed by atoms with Crippen LogP contribution in [-0.4, -0.2) is 35.5 Å². The first kappa shape index (κ1) is 21.9. The Morgan fingerprint density at radius 3 is 2.88 bits per heavy atom. The van der Waals surface area contributed by atoms with Gasteiger partial charge in [-0.15, -0.1) is 22.7 Å². The highest BCUT2D eigenvalue weighted by Gasteiger charge is 2.27. The lowest BCUT2D eigenvalue weighted by Gasteiger charge is -2.32. The molecule has 0 bridgehead atoms. The minimum Gasteiger partial charge on any atom is -0.355 e. The summed E-state index contributed by atoms with van der Waals surface area (Å²) in [6, 6.07) is 12.4. The zero-order valence-corrected chi connectivity index (χ0v) is 20.1. The van der Waals surface area contributed by atoms with Gasteiger partial charge in [0.15, 0.2) is 0 Å². The van der Waals surface area contributed by atoms with Gasteiger partial charge in [-0.1, -0.05) is 35.9 Å². The molecule has 1 unspecified atom stereocenters. The van der Waals surface area contributed by atoms with Crippen LogP contribution in [0.15, 0.2) is 52.0 Å². The van der Waals surface area contributed by atoms with Crippen LogP contribution in [0.2, 0.25) is 0 Å². The van der Waals surface area contributed by atoms with E-state index in [0.717, 1.165) is 42.5 Å². The molecule has 1 aromatic carbocycles. The highest BCUT2D eigenvalue weighted by Crippen LogP contribution is 2.32. The molecule has 0 saturated carbocycles. The Morgan fingerprint density at radius 1 is 1.24 bits per heavy atom. The second-order valence-corrected chi connectivity index (χ2v) is 10.4. The van der Waals surface area contributed by atoms with Gasteiger partial charge in [-0.25, -0.2) is 4.98 Å². The van der Waals surface area contributed by atoms with E-state index in [1.54, 1.807) is 11.3 Å². The molecule has 1 atom stereocenters. The molecule has 0 aliphatic carbocycles. The predicted octanol–water partition coefficient (Wildman–Crippen LogP) is 4.60. The first-order valence-electron chi connectivity index (χ1n) is 11.2. The predicted molar refractivity (Wildman–Crippen MR) is 136 cm³/mol. The lowest BCUT2D eigenvalue weighted by atomic mass is 9.97. The smallest absolute Gasteiger partial charge is 0.270 e. The number of hydrogen-bond donors (Lipinski definition) is 2. The Morgan fingerprint density at radius 2 is 2.09 bits per heavy atom. The summed E-state index contributed by atoms with van der Waals surface area (Å²) in [6.07, 6.45) is 2.59. The number of aromatic nitrogens is 2. The Bertz CT molecular complexity index is 1310. The van der Waals surface area contributed by atoms with Gasteiger partial charge in [-0.3, -0.25) is 14.6 Å². The number of aromatic amines is 1. The van der Waals surface area contributed by atoms with Crippen LogP contribution in [0.25, 0.3) is 21.3 Å². The number of H-pyrrole nitrogens is 1. The first-order chi connectivity index (χ1) is 16.1. The minimum absolute atomic E-state index is 0.0792. The molecule has 2 N–H and O–H groups in total. The van der Waals surface area contributed by atoms with Gasteiger partial charge in [-0.2, -0.15) is 0 Å². The Balaban J connectivity index is 1.33. The van der Waals surface area contributed by atoms with Crippen LogP contribution < -0.4 is 15.8 Å². The molecule has 33 heavy (non-hydrogen) atoms. The molecule has 6 nitrogen and oxygen atoms in total. The largest absolute Gasteiger partial charge is 0.355 e. The third-order valence-corrected chi connectivity index (χ3v) is 8.02. The number of nitrogens with zero attached hydrogens (tertiary/aromatic N) is 2. The first-order valence-corrected chi connectivity index (χ1v) is 13.0. The summed E-state index contributed by atoms with van der Waals surface area (Å²) in [5, 5.41) is 7.14. The quantitative estimate of drug-likeness (QED) is 0.425. The summed E-state index contributed by atoms with van der Waals surface area (Å²) >= 11 is 3.13. The number of fused-ring (bicyclic) bond motifs is 1. The van der Waals surface area contributed by atoms with Crippen LogP contribution in [0, 0.1) is 12.8 Å². The summed E-state index contributed by atoms with van der Waals surface area (Å²) in [6.45, 7) is 4.04. The zero-order chi connectivity index (χ0) is 22.8. The molecule has 4 aromatic rings. The fourth-order valence-corrected chi connectivity index (χ4v) is 5.91. The number of nitrogens with one attached hydrogen (secondary N) is 2. The van der Waals surface area contributed by atoms with Gasteiger partial charge < -0.3 is 10.2 Å². The Labute approximate surface area is 200 Å². The molecule has 0 spiro atoms. The van der Waals surface area contributed by atoms with Crippen LogP contribution in [0.4, 0.5) is 5.95 Å². The molecule has 1 saturated heterocycles. The average molecular weight is 479 g/mol. The third kappa shape index (κ3) is 4.72. The molecular formula is C25H26N4O2S2.